The van der Waals surface area contributed by atoms with E-state index < -0.39 is 0 Å². The monoisotopic (exact) mass is 367 g/mol. The van der Waals surface area contributed by atoms with Gasteiger partial charge in [-0.1, -0.05) is 30.3 Å². The fourth-order valence-electron chi connectivity index (χ4n) is 3.19. The van der Waals surface area contributed by atoms with Gasteiger partial charge in [-0.3, -0.25) is 14.5 Å². The molecular formula is C21H25N3O3. The van der Waals surface area contributed by atoms with Gasteiger partial charge in [0.15, 0.2) is 0 Å². The third-order valence-electron chi connectivity index (χ3n) is 4.75. The number of ether oxygens (including phenoxy) is 1. The zero-order valence-corrected chi connectivity index (χ0v) is 15.6. The van der Waals surface area contributed by atoms with Gasteiger partial charge >= 0.3 is 0 Å². The molecule has 6 heteroatoms. The molecule has 1 fully saturated rings. The van der Waals surface area contributed by atoms with Crippen molar-refractivity contribution in [2.24, 2.45) is 0 Å². The largest absolute Gasteiger partial charge is 0.496 e. The number of para-hydroxylation sites is 1. The van der Waals surface area contributed by atoms with Crippen LogP contribution in [0.3, 0.4) is 0 Å². The van der Waals surface area contributed by atoms with Gasteiger partial charge in [-0.2, -0.15) is 0 Å². The Balaban J connectivity index is 1.42. The molecule has 142 valence electrons. The van der Waals surface area contributed by atoms with Gasteiger partial charge in [-0.25, -0.2) is 0 Å². The zero-order valence-electron chi connectivity index (χ0n) is 15.6. The van der Waals surface area contributed by atoms with Crippen LogP contribution >= 0.6 is 0 Å². The van der Waals surface area contributed by atoms with E-state index in [0.29, 0.717) is 30.9 Å². The number of amides is 2. The number of carbonyl (C=O) groups is 2. The predicted octanol–water partition coefficient (Wildman–Crippen LogP) is 1.88. The van der Waals surface area contributed by atoms with Crippen LogP contribution < -0.4 is 10.1 Å². The Morgan fingerprint density at radius 2 is 1.63 bits per heavy atom. The molecule has 0 atom stereocenters. The maximum absolute atomic E-state index is 12.5. The number of hydrogen-bond acceptors (Lipinski definition) is 4. The van der Waals surface area contributed by atoms with Crippen LogP contribution in [0.5, 0.6) is 5.75 Å². The van der Waals surface area contributed by atoms with Crippen LogP contribution in [-0.4, -0.2) is 68.0 Å². The van der Waals surface area contributed by atoms with Gasteiger partial charge in [0.2, 0.25) is 0 Å². The first-order valence-electron chi connectivity index (χ1n) is 9.17. The van der Waals surface area contributed by atoms with E-state index in [0.717, 1.165) is 25.2 Å². The van der Waals surface area contributed by atoms with Gasteiger partial charge in [0.25, 0.3) is 11.8 Å². The lowest BCUT2D eigenvalue weighted by Gasteiger charge is -2.34. The van der Waals surface area contributed by atoms with E-state index in [1.807, 2.05) is 47.4 Å². The van der Waals surface area contributed by atoms with Gasteiger partial charge in [0, 0.05) is 44.8 Å². The van der Waals surface area contributed by atoms with E-state index in [4.69, 9.17) is 4.74 Å². The Morgan fingerprint density at radius 1 is 0.963 bits per heavy atom. The number of nitrogens with zero attached hydrogens (tertiary/aromatic N) is 2. The molecular weight excluding hydrogens is 342 g/mol. The molecule has 3 rings (SSSR count). The second-order valence-electron chi connectivity index (χ2n) is 6.46. The minimum absolute atomic E-state index is 0.0831. The lowest BCUT2D eigenvalue weighted by Crippen LogP contribution is -2.50. The standard InChI is InChI=1S/C21H25N3O3/c1-27-19-10-6-5-9-18(19)20(25)22-11-12-23-13-15-24(16-14-23)21(26)17-7-3-2-4-8-17/h2-10H,11-16H2,1H3,(H,22,25). The molecule has 27 heavy (non-hydrogen) atoms. The maximum Gasteiger partial charge on any atom is 0.255 e. The Labute approximate surface area is 159 Å². The number of piperazine rings is 1. The van der Waals surface area contributed by atoms with Crippen LogP contribution in [0.15, 0.2) is 54.6 Å². The molecule has 1 aliphatic rings. The first-order valence-corrected chi connectivity index (χ1v) is 9.17. The quantitative estimate of drug-likeness (QED) is 0.847. The highest BCUT2D eigenvalue weighted by molar-refractivity contribution is 5.97. The molecule has 0 spiro atoms. The summed E-state index contributed by atoms with van der Waals surface area (Å²) in [7, 11) is 1.56. The summed E-state index contributed by atoms with van der Waals surface area (Å²) in [4.78, 5) is 28.9. The van der Waals surface area contributed by atoms with Crippen molar-refractivity contribution in [2.45, 2.75) is 0 Å². The van der Waals surface area contributed by atoms with Gasteiger partial charge in [-0.05, 0) is 24.3 Å². The fourth-order valence-corrected chi connectivity index (χ4v) is 3.19. The normalized spacial score (nSPS) is 14.6. The summed E-state index contributed by atoms with van der Waals surface area (Å²) in [6.45, 7) is 4.34. The fraction of sp³-hybridized carbons (Fsp3) is 0.333. The minimum Gasteiger partial charge on any atom is -0.496 e. The SMILES string of the molecule is COc1ccccc1C(=O)NCCN1CCN(C(=O)c2ccccc2)CC1. The van der Waals surface area contributed by atoms with E-state index in [1.165, 1.54) is 0 Å². The highest BCUT2D eigenvalue weighted by atomic mass is 16.5. The highest BCUT2D eigenvalue weighted by Crippen LogP contribution is 2.16. The molecule has 2 aromatic carbocycles. The Hall–Kier alpha value is -2.86. The van der Waals surface area contributed by atoms with E-state index in [1.54, 1.807) is 19.2 Å². The molecule has 1 saturated heterocycles. The zero-order chi connectivity index (χ0) is 19.1. The topological polar surface area (TPSA) is 61.9 Å². The smallest absolute Gasteiger partial charge is 0.255 e. The van der Waals surface area contributed by atoms with Crippen molar-refractivity contribution in [3.05, 3.63) is 65.7 Å². The molecule has 1 N–H and O–H groups in total. The lowest BCUT2D eigenvalue weighted by molar-refractivity contribution is 0.0638. The number of nitrogens with one attached hydrogen (secondary N) is 1. The van der Waals surface area contributed by atoms with Crippen molar-refractivity contribution in [1.82, 2.24) is 15.1 Å². The van der Waals surface area contributed by atoms with Gasteiger partial charge in [-0.15, -0.1) is 0 Å². The van der Waals surface area contributed by atoms with E-state index in [9.17, 15) is 9.59 Å². The van der Waals surface area contributed by atoms with E-state index in [-0.39, 0.29) is 11.8 Å². The maximum atomic E-state index is 12.5. The van der Waals surface area contributed by atoms with Gasteiger partial charge in [0.05, 0.1) is 12.7 Å². The predicted molar refractivity (Wildman–Crippen MR) is 104 cm³/mol. The van der Waals surface area contributed by atoms with Crippen LogP contribution in [0.4, 0.5) is 0 Å². The number of rotatable bonds is 6. The molecule has 0 saturated carbocycles. The van der Waals surface area contributed by atoms with Crippen LogP contribution in [0.2, 0.25) is 0 Å². The summed E-state index contributed by atoms with van der Waals surface area (Å²) in [5.41, 5.74) is 1.27. The lowest BCUT2D eigenvalue weighted by atomic mass is 10.2. The first kappa shape index (κ1) is 18.9. The second kappa shape index (κ2) is 9.19. The number of hydrogen-bond donors (Lipinski definition) is 1. The Kier molecular flexibility index (Phi) is 6.44. The molecule has 0 radical (unpaired) electrons. The third-order valence-corrected chi connectivity index (χ3v) is 4.75. The summed E-state index contributed by atoms with van der Waals surface area (Å²) in [5.74, 6) is 0.521. The van der Waals surface area contributed by atoms with Crippen molar-refractivity contribution >= 4 is 11.8 Å². The third kappa shape index (κ3) is 4.86. The van der Waals surface area contributed by atoms with Crippen molar-refractivity contribution in [1.29, 1.82) is 0 Å². The molecule has 1 aliphatic heterocycles. The van der Waals surface area contributed by atoms with Gasteiger partial charge in [0.1, 0.15) is 5.75 Å². The summed E-state index contributed by atoms with van der Waals surface area (Å²) >= 11 is 0. The number of methoxy groups -OCH3 is 1. The molecule has 1 heterocycles. The average molecular weight is 367 g/mol. The Bertz CT molecular complexity index is 771. The molecule has 0 aromatic heterocycles. The average Bonchev–Trinajstić information content (AvgIpc) is 2.74. The van der Waals surface area contributed by atoms with E-state index in [2.05, 4.69) is 10.2 Å². The van der Waals surface area contributed by atoms with Crippen molar-refractivity contribution in [3.63, 3.8) is 0 Å². The van der Waals surface area contributed by atoms with Crippen LogP contribution in [0, 0.1) is 0 Å². The summed E-state index contributed by atoms with van der Waals surface area (Å²) in [6.07, 6.45) is 0. The summed E-state index contributed by atoms with van der Waals surface area (Å²) in [5, 5.41) is 2.94. The first-order chi connectivity index (χ1) is 13.2. The second-order valence-corrected chi connectivity index (χ2v) is 6.46. The molecule has 2 aromatic rings. The minimum atomic E-state index is -0.134. The summed E-state index contributed by atoms with van der Waals surface area (Å²) in [6, 6.07) is 16.6. The van der Waals surface area contributed by atoms with Gasteiger partial charge < -0.3 is 15.0 Å². The molecule has 0 bridgehead atoms. The molecule has 6 nitrogen and oxygen atoms in total. The van der Waals surface area contributed by atoms with Crippen LogP contribution in [0.1, 0.15) is 20.7 Å². The number of carbonyl (C=O) groups excluding carboxylic acids is 2. The van der Waals surface area contributed by atoms with E-state index >= 15 is 0 Å². The summed E-state index contributed by atoms with van der Waals surface area (Å²) < 4.78 is 5.22. The van der Waals surface area contributed by atoms with Crippen molar-refractivity contribution < 1.29 is 14.3 Å². The molecule has 0 aliphatic carbocycles. The highest BCUT2D eigenvalue weighted by Gasteiger charge is 2.22. The molecule has 0 unspecified atom stereocenters. The van der Waals surface area contributed by atoms with Crippen LogP contribution in [-0.2, 0) is 0 Å². The van der Waals surface area contributed by atoms with Crippen LogP contribution in [0.25, 0.3) is 0 Å². The Morgan fingerprint density at radius 3 is 2.33 bits per heavy atom. The number of benzene rings is 2. The van der Waals surface area contributed by atoms with Crippen molar-refractivity contribution in [2.75, 3.05) is 46.4 Å². The molecule has 2 amide bonds. The van der Waals surface area contributed by atoms with Crippen molar-refractivity contribution in [3.8, 4) is 5.75 Å².